The number of primary amides is 1. The van der Waals surface area contributed by atoms with Gasteiger partial charge in [0.15, 0.2) is 0 Å². The molecule has 2 unspecified atom stereocenters. The Bertz CT molecular complexity index is 212. The first-order valence-corrected chi connectivity index (χ1v) is 5.09. The number of carbonyl (C=O) groups excluding carboxylic acids is 1. The van der Waals surface area contributed by atoms with Crippen LogP contribution in [-0.2, 0) is 9.63 Å². The Morgan fingerprint density at radius 2 is 2.40 bits per heavy atom. The molecule has 0 aliphatic carbocycles. The van der Waals surface area contributed by atoms with Crippen LogP contribution in [-0.4, -0.2) is 53.6 Å². The number of aliphatic hydroxyl groups excluding tert-OH is 2. The molecule has 1 rings (SSSR count). The van der Waals surface area contributed by atoms with Gasteiger partial charge in [-0.05, 0) is 12.8 Å². The molecule has 0 aromatic rings. The van der Waals surface area contributed by atoms with Crippen LogP contribution in [0.1, 0.15) is 12.8 Å². The van der Waals surface area contributed by atoms with E-state index in [9.17, 15) is 4.79 Å². The Morgan fingerprint density at radius 3 is 3.00 bits per heavy atom. The number of carbonyl (C=O) groups is 1. The Labute approximate surface area is 88.6 Å². The number of amides is 1. The molecule has 6 heteroatoms. The number of hydrogen-bond acceptors (Lipinski definition) is 5. The summed E-state index contributed by atoms with van der Waals surface area (Å²) in [5, 5.41) is 19.3. The zero-order chi connectivity index (χ0) is 11.3. The third-order valence-corrected chi connectivity index (χ3v) is 2.45. The summed E-state index contributed by atoms with van der Waals surface area (Å²) in [6.07, 6.45) is 0.763. The first-order chi connectivity index (χ1) is 7.13. The second-order valence-corrected chi connectivity index (χ2v) is 3.76. The third kappa shape index (κ3) is 4.13. The highest BCUT2D eigenvalue weighted by atomic mass is 16.7. The highest BCUT2D eigenvalue weighted by Gasteiger charge is 2.24. The molecule has 0 bridgehead atoms. The van der Waals surface area contributed by atoms with Gasteiger partial charge in [0.25, 0.3) is 0 Å². The number of hydrogen-bond donors (Lipinski definition) is 3. The second kappa shape index (κ2) is 6.02. The topological polar surface area (TPSA) is 96.0 Å². The number of hydroxylamine groups is 2. The van der Waals surface area contributed by atoms with Crippen molar-refractivity contribution in [2.45, 2.75) is 18.9 Å². The monoisotopic (exact) mass is 218 g/mol. The molecule has 2 atom stereocenters. The summed E-state index contributed by atoms with van der Waals surface area (Å²) in [6, 6.07) is 0. The van der Waals surface area contributed by atoms with Crippen LogP contribution in [0.3, 0.4) is 0 Å². The van der Waals surface area contributed by atoms with Gasteiger partial charge in [0.05, 0.1) is 19.1 Å². The number of rotatable bonds is 5. The van der Waals surface area contributed by atoms with Crippen molar-refractivity contribution in [1.29, 1.82) is 0 Å². The van der Waals surface area contributed by atoms with E-state index in [1.54, 1.807) is 5.06 Å². The zero-order valence-corrected chi connectivity index (χ0v) is 8.63. The SMILES string of the molecule is NC(=O)C1CCCN(OCC(O)CO)C1. The lowest BCUT2D eigenvalue weighted by molar-refractivity contribution is -0.198. The van der Waals surface area contributed by atoms with E-state index < -0.39 is 6.10 Å². The van der Waals surface area contributed by atoms with Crippen LogP contribution >= 0.6 is 0 Å². The number of nitrogens with zero attached hydrogens (tertiary/aromatic N) is 1. The number of piperidine rings is 1. The van der Waals surface area contributed by atoms with Crippen molar-refractivity contribution >= 4 is 5.91 Å². The summed E-state index contributed by atoms with van der Waals surface area (Å²) in [7, 11) is 0. The van der Waals surface area contributed by atoms with E-state index in [0.717, 1.165) is 19.4 Å². The molecule has 0 spiro atoms. The van der Waals surface area contributed by atoms with Gasteiger partial charge in [-0.2, -0.15) is 5.06 Å². The summed E-state index contributed by atoms with van der Waals surface area (Å²) < 4.78 is 0. The molecular weight excluding hydrogens is 200 g/mol. The number of aliphatic hydroxyl groups is 2. The van der Waals surface area contributed by atoms with Crippen molar-refractivity contribution in [1.82, 2.24) is 5.06 Å². The predicted molar refractivity (Wildman–Crippen MR) is 52.5 cm³/mol. The van der Waals surface area contributed by atoms with Gasteiger partial charge in [-0.3, -0.25) is 9.63 Å². The van der Waals surface area contributed by atoms with Crippen LogP contribution in [0, 0.1) is 5.92 Å². The maximum atomic E-state index is 10.9. The second-order valence-electron chi connectivity index (χ2n) is 3.76. The van der Waals surface area contributed by atoms with Gasteiger partial charge in [0.2, 0.25) is 5.91 Å². The Kier molecular flexibility index (Phi) is 4.97. The lowest BCUT2D eigenvalue weighted by Gasteiger charge is -2.30. The van der Waals surface area contributed by atoms with Gasteiger partial charge in [-0.25, -0.2) is 0 Å². The minimum absolute atomic E-state index is 0.0436. The van der Waals surface area contributed by atoms with Crippen molar-refractivity contribution in [3.8, 4) is 0 Å². The molecule has 88 valence electrons. The molecule has 0 radical (unpaired) electrons. The lowest BCUT2D eigenvalue weighted by atomic mass is 9.99. The summed E-state index contributed by atoms with van der Waals surface area (Å²) in [4.78, 5) is 16.2. The molecule has 1 fully saturated rings. The van der Waals surface area contributed by atoms with Crippen LogP contribution < -0.4 is 5.73 Å². The van der Waals surface area contributed by atoms with Crippen LogP contribution in [0.4, 0.5) is 0 Å². The van der Waals surface area contributed by atoms with Crippen LogP contribution in [0.2, 0.25) is 0 Å². The molecule has 1 amide bonds. The summed E-state index contributed by atoms with van der Waals surface area (Å²) in [5.41, 5.74) is 5.20. The molecule has 15 heavy (non-hydrogen) atoms. The molecule has 1 aliphatic heterocycles. The summed E-state index contributed by atoms with van der Waals surface area (Å²) in [6.45, 7) is 0.907. The van der Waals surface area contributed by atoms with E-state index in [1.807, 2.05) is 0 Å². The average molecular weight is 218 g/mol. The van der Waals surface area contributed by atoms with Gasteiger partial charge >= 0.3 is 0 Å². The molecule has 4 N–H and O–H groups in total. The molecule has 6 nitrogen and oxygen atoms in total. The van der Waals surface area contributed by atoms with E-state index in [-0.39, 0.29) is 25.0 Å². The fourth-order valence-corrected chi connectivity index (χ4v) is 1.54. The molecule has 0 aromatic carbocycles. The smallest absolute Gasteiger partial charge is 0.221 e. The third-order valence-electron chi connectivity index (χ3n) is 2.45. The van der Waals surface area contributed by atoms with Crippen molar-refractivity contribution < 1.29 is 19.8 Å². The zero-order valence-electron chi connectivity index (χ0n) is 8.63. The molecule has 0 aromatic heterocycles. The minimum atomic E-state index is -0.876. The minimum Gasteiger partial charge on any atom is -0.394 e. The quantitative estimate of drug-likeness (QED) is 0.520. The maximum Gasteiger partial charge on any atom is 0.221 e. The highest BCUT2D eigenvalue weighted by Crippen LogP contribution is 2.16. The summed E-state index contributed by atoms with van der Waals surface area (Å²) >= 11 is 0. The fraction of sp³-hybridized carbons (Fsp3) is 0.889. The molecular formula is C9H18N2O4. The summed E-state index contributed by atoms with van der Waals surface area (Å²) in [5.74, 6) is -0.490. The average Bonchev–Trinajstić information content (AvgIpc) is 2.26. The van der Waals surface area contributed by atoms with E-state index in [2.05, 4.69) is 0 Å². The Balaban J connectivity index is 2.27. The number of nitrogens with two attached hydrogens (primary N) is 1. The van der Waals surface area contributed by atoms with E-state index in [4.69, 9.17) is 20.8 Å². The molecule has 1 saturated heterocycles. The predicted octanol–water partition coefficient (Wildman–Crippen LogP) is -1.53. The van der Waals surface area contributed by atoms with Gasteiger partial charge in [0, 0.05) is 13.1 Å². The Hall–Kier alpha value is -0.690. The first kappa shape index (κ1) is 12.4. The fourth-order valence-electron chi connectivity index (χ4n) is 1.54. The van der Waals surface area contributed by atoms with E-state index in [0.29, 0.717) is 6.54 Å². The molecule has 1 heterocycles. The van der Waals surface area contributed by atoms with Crippen LogP contribution in [0.5, 0.6) is 0 Å². The van der Waals surface area contributed by atoms with Crippen molar-refractivity contribution in [3.05, 3.63) is 0 Å². The maximum absolute atomic E-state index is 10.9. The highest BCUT2D eigenvalue weighted by molar-refractivity contribution is 5.76. The normalized spacial score (nSPS) is 25.1. The Morgan fingerprint density at radius 1 is 1.67 bits per heavy atom. The van der Waals surface area contributed by atoms with Gasteiger partial charge in [-0.15, -0.1) is 0 Å². The molecule has 1 aliphatic rings. The van der Waals surface area contributed by atoms with Crippen molar-refractivity contribution in [2.75, 3.05) is 26.3 Å². The standard InChI is InChI=1S/C9H18N2O4/c10-9(14)7-2-1-3-11(4-7)15-6-8(13)5-12/h7-8,12-13H,1-6H2,(H2,10,14). The van der Waals surface area contributed by atoms with Crippen molar-refractivity contribution in [3.63, 3.8) is 0 Å². The lowest BCUT2D eigenvalue weighted by Crippen LogP contribution is -2.42. The van der Waals surface area contributed by atoms with Gasteiger partial charge in [0.1, 0.15) is 6.10 Å². The van der Waals surface area contributed by atoms with Gasteiger partial charge in [-0.1, -0.05) is 0 Å². The van der Waals surface area contributed by atoms with Gasteiger partial charge < -0.3 is 15.9 Å². The van der Waals surface area contributed by atoms with Crippen molar-refractivity contribution in [2.24, 2.45) is 11.7 Å². The van der Waals surface area contributed by atoms with Crippen LogP contribution in [0.15, 0.2) is 0 Å². The van der Waals surface area contributed by atoms with E-state index >= 15 is 0 Å². The van der Waals surface area contributed by atoms with Crippen LogP contribution in [0.25, 0.3) is 0 Å². The van der Waals surface area contributed by atoms with E-state index in [1.165, 1.54) is 0 Å². The molecule has 0 saturated carbocycles. The first-order valence-electron chi connectivity index (χ1n) is 5.09. The largest absolute Gasteiger partial charge is 0.394 e.